The first-order valence-electron chi connectivity index (χ1n) is 6.09. The Bertz CT molecular complexity index is 730. The van der Waals surface area contributed by atoms with Crippen molar-refractivity contribution >= 4 is 5.78 Å². The topological polar surface area (TPSA) is 63.3 Å². The minimum Gasteiger partial charge on any atom is -0.508 e. The zero-order valence-electron chi connectivity index (χ0n) is 10.5. The minimum absolute atomic E-state index is 0.0366. The summed E-state index contributed by atoms with van der Waals surface area (Å²) in [5.41, 5.74) is 1.29. The second-order valence-electron chi connectivity index (χ2n) is 4.27. The van der Waals surface area contributed by atoms with Crippen molar-refractivity contribution in [3.05, 3.63) is 72.2 Å². The van der Waals surface area contributed by atoms with Crippen molar-refractivity contribution in [2.75, 3.05) is 0 Å². The SMILES string of the molecule is O=C(c1ccc(O)cc1)c1ncc(-c2ccccc2)o1. The van der Waals surface area contributed by atoms with Crippen LogP contribution in [-0.2, 0) is 0 Å². The molecule has 20 heavy (non-hydrogen) atoms. The number of nitrogens with zero attached hydrogens (tertiary/aromatic N) is 1. The van der Waals surface area contributed by atoms with Gasteiger partial charge in [-0.05, 0) is 24.3 Å². The molecule has 4 heteroatoms. The standard InChI is InChI=1S/C16H11NO3/c18-13-8-6-12(7-9-13)15(19)16-17-10-14(20-16)11-4-2-1-3-5-11/h1-10,18H. The molecular weight excluding hydrogens is 254 g/mol. The summed E-state index contributed by atoms with van der Waals surface area (Å²) in [6.07, 6.45) is 1.53. The molecule has 0 amide bonds. The number of hydrogen-bond donors (Lipinski definition) is 1. The molecule has 1 N–H and O–H groups in total. The van der Waals surface area contributed by atoms with Gasteiger partial charge in [0.2, 0.25) is 5.78 Å². The van der Waals surface area contributed by atoms with E-state index in [1.165, 1.54) is 30.5 Å². The summed E-state index contributed by atoms with van der Waals surface area (Å²) in [4.78, 5) is 16.2. The van der Waals surface area contributed by atoms with E-state index >= 15 is 0 Å². The van der Waals surface area contributed by atoms with E-state index in [-0.39, 0.29) is 17.4 Å². The molecule has 0 atom stereocenters. The molecule has 0 radical (unpaired) electrons. The molecule has 3 aromatic rings. The molecule has 0 saturated heterocycles. The third kappa shape index (κ3) is 2.31. The highest BCUT2D eigenvalue weighted by atomic mass is 16.4. The molecular formula is C16H11NO3. The quantitative estimate of drug-likeness (QED) is 0.738. The largest absolute Gasteiger partial charge is 0.508 e. The van der Waals surface area contributed by atoms with Gasteiger partial charge in [-0.3, -0.25) is 4.79 Å². The van der Waals surface area contributed by atoms with Gasteiger partial charge in [-0.25, -0.2) is 4.98 Å². The van der Waals surface area contributed by atoms with Gasteiger partial charge in [0.25, 0.3) is 5.89 Å². The van der Waals surface area contributed by atoms with Crippen LogP contribution in [0, 0.1) is 0 Å². The van der Waals surface area contributed by atoms with Gasteiger partial charge in [0.1, 0.15) is 5.75 Å². The molecule has 1 heterocycles. The van der Waals surface area contributed by atoms with Crippen LogP contribution in [0.3, 0.4) is 0 Å². The Morgan fingerprint density at radius 2 is 1.70 bits per heavy atom. The van der Waals surface area contributed by atoms with E-state index < -0.39 is 0 Å². The average molecular weight is 265 g/mol. The molecule has 3 rings (SSSR count). The van der Waals surface area contributed by atoms with E-state index in [2.05, 4.69) is 4.98 Å². The molecule has 98 valence electrons. The number of aromatic nitrogens is 1. The second-order valence-corrected chi connectivity index (χ2v) is 4.27. The summed E-state index contributed by atoms with van der Waals surface area (Å²) in [5, 5.41) is 9.21. The molecule has 0 bridgehead atoms. The first-order chi connectivity index (χ1) is 9.74. The van der Waals surface area contributed by atoms with Crippen LogP contribution in [0.5, 0.6) is 5.75 Å². The van der Waals surface area contributed by atoms with Gasteiger partial charge < -0.3 is 9.52 Å². The summed E-state index contributed by atoms with van der Waals surface area (Å²) < 4.78 is 5.49. The van der Waals surface area contributed by atoms with Crippen LogP contribution in [0.2, 0.25) is 0 Å². The summed E-state index contributed by atoms with van der Waals surface area (Å²) >= 11 is 0. The van der Waals surface area contributed by atoms with E-state index in [4.69, 9.17) is 4.42 Å². The van der Waals surface area contributed by atoms with E-state index in [0.717, 1.165) is 5.56 Å². The first-order valence-corrected chi connectivity index (χ1v) is 6.09. The van der Waals surface area contributed by atoms with Crippen molar-refractivity contribution in [3.8, 4) is 17.1 Å². The van der Waals surface area contributed by atoms with Gasteiger partial charge in [0.15, 0.2) is 5.76 Å². The van der Waals surface area contributed by atoms with Gasteiger partial charge in [0.05, 0.1) is 6.20 Å². The molecule has 0 fully saturated rings. The van der Waals surface area contributed by atoms with Gasteiger partial charge in [0, 0.05) is 11.1 Å². The number of carbonyl (C=O) groups excluding carboxylic acids is 1. The van der Waals surface area contributed by atoms with Crippen LogP contribution < -0.4 is 0 Å². The maximum absolute atomic E-state index is 12.2. The van der Waals surface area contributed by atoms with E-state index in [0.29, 0.717) is 11.3 Å². The average Bonchev–Trinajstić information content (AvgIpc) is 2.98. The van der Waals surface area contributed by atoms with Crippen molar-refractivity contribution in [3.63, 3.8) is 0 Å². The number of phenols is 1. The number of phenolic OH excluding ortho intramolecular Hbond substituents is 1. The molecule has 2 aromatic carbocycles. The normalized spacial score (nSPS) is 10.4. The summed E-state index contributed by atoms with van der Waals surface area (Å²) in [7, 11) is 0. The van der Waals surface area contributed by atoms with Crippen LogP contribution in [0.25, 0.3) is 11.3 Å². The van der Waals surface area contributed by atoms with Crippen LogP contribution >= 0.6 is 0 Å². The third-order valence-corrected chi connectivity index (χ3v) is 2.89. The summed E-state index contributed by atoms with van der Waals surface area (Å²) in [6, 6.07) is 15.4. The lowest BCUT2D eigenvalue weighted by Crippen LogP contribution is -2.00. The van der Waals surface area contributed by atoms with Crippen LogP contribution in [0.1, 0.15) is 16.2 Å². The van der Waals surface area contributed by atoms with E-state index in [1.54, 1.807) is 0 Å². The lowest BCUT2D eigenvalue weighted by atomic mass is 10.1. The monoisotopic (exact) mass is 265 g/mol. The van der Waals surface area contributed by atoms with Crippen molar-refractivity contribution in [1.29, 1.82) is 0 Å². The number of ketones is 1. The maximum Gasteiger partial charge on any atom is 0.268 e. The van der Waals surface area contributed by atoms with Gasteiger partial charge in [-0.2, -0.15) is 0 Å². The molecule has 0 spiro atoms. The zero-order chi connectivity index (χ0) is 13.9. The fraction of sp³-hybridized carbons (Fsp3) is 0. The summed E-state index contributed by atoms with van der Waals surface area (Å²) in [5.74, 6) is 0.383. The van der Waals surface area contributed by atoms with Crippen LogP contribution in [0.15, 0.2) is 65.2 Å². The highest BCUT2D eigenvalue weighted by Crippen LogP contribution is 2.21. The third-order valence-electron chi connectivity index (χ3n) is 2.89. The Labute approximate surface area is 115 Å². The molecule has 0 saturated carbocycles. The Kier molecular flexibility index (Phi) is 3.05. The Balaban J connectivity index is 1.90. The fourth-order valence-corrected chi connectivity index (χ4v) is 1.85. The lowest BCUT2D eigenvalue weighted by Gasteiger charge is -1.97. The minimum atomic E-state index is -0.313. The lowest BCUT2D eigenvalue weighted by molar-refractivity contribution is 0.100. The zero-order valence-corrected chi connectivity index (χ0v) is 10.5. The molecule has 0 unspecified atom stereocenters. The van der Waals surface area contributed by atoms with Crippen LogP contribution in [0.4, 0.5) is 0 Å². The highest BCUT2D eigenvalue weighted by molar-refractivity contribution is 6.06. The van der Waals surface area contributed by atoms with Crippen molar-refractivity contribution in [2.45, 2.75) is 0 Å². The number of benzene rings is 2. The molecule has 0 aliphatic carbocycles. The number of rotatable bonds is 3. The number of hydrogen-bond acceptors (Lipinski definition) is 4. The van der Waals surface area contributed by atoms with Crippen LogP contribution in [-0.4, -0.2) is 15.9 Å². The van der Waals surface area contributed by atoms with Gasteiger partial charge >= 0.3 is 0 Å². The van der Waals surface area contributed by atoms with Crippen molar-refractivity contribution < 1.29 is 14.3 Å². The van der Waals surface area contributed by atoms with E-state index in [9.17, 15) is 9.90 Å². The fourth-order valence-electron chi connectivity index (χ4n) is 1.85. The number of carbonyl (C=O) groups is 1. The number of aromatic hydroxyl groups is 1. The van der Waals surface area contributed by atoms with Crippen molar-refractivity contribution in [1.82, 2.24) is 4.98 Å². The predicted octanol–water partition coefficient (Wildman–Crippen LogP) is 3.28. The smallest absolute Gasteiger partial charge is 0.268 e. The predicted molar refractivity (Wildman–Crippen MR) is 73.5 cm³/mol. The highest BCUT2D eigenvalue weighted by Gasteiger charge is 2.16. The Morgan fingerprint density at radius 1 is 1.00 bits per heavy atom. The first kappa shape index (κ1) is 12.2. The summed E-state index contributed by atoms with van der Waals surface area (Å²) in [6.45, 7) is 0. The molecule has 0 aliphatic rings. The second kappa shape index (κ2) is 5.01. The molecule has 1 aromatic heterocycles. The Morgan fingerprint density at radius 3 is 2.40 bits per heavy atom. The maximum atomic E-state index is 12.2. The van der Waals surface area contributed by atoms with E-state index in [1.807, 2.05) is 30.3 Å². The van der Waals surface area contributed by atoms with Gasteiger partial charge in [-0.1, -0.05) is 30.3 Å². The molecule has 4 nitrogen and oxygen atoms in total. The van der Waals surface area contributed by atoms with Gasteiger partial charge in [-0.15, -0.1) is 0 Å². The number of oxazole rings is 1. The molecule has 0 aliphatic heterocycles. The van der Waals surface area contributed by atoms with Crippen molar-refractivity contribution in [2.24, 2.45) is 0 Å². The Hall–Kier alpha value is -2.88.